The molecule has 2 nitrogen and oxygen atoms in total. The molecule has 0 aliphatic rings. The summed E-state index contributed by atoms with van der Waals surface area (Å²) in [6.45, 7) is 1.61. The fourth-order valence-corrected chi connectivity index (χ4v) is 3.09. The fourth-order valence-electron chi connectivity index (χ4n) is 2.02. The molecule has 1 aromatic carbocycles. The lowest BCUT2D eigenvalue weighted by Gasteiger charge is -2.22. The predicted octanol–water partition coefficient (Wildman–Crippen LogP) is 3.65. The number of hydrogen-bond acceptors (Lipinski definition) is 3. The van der Waals surface area contributed by atoms with Crippen LogP contribution in [-0.4, -0.2) is 13.6 Å². The lowest BCUT2D eigenvalue weighted by Crippen LogP contribution is -2.18. The van der Waals surface area contributed by atoms with Crippen LogP contribution in [0, 0.1) is 0 Å². The summed E-state index contributed by atoms with van der Waals surface area (Å²) in [5, 5.41) is 4.31. The molecule has 0 atom stereocenters. The second-order valence-electron chi connectivity index (χ2n) is 4.30. The van der Waals surface area contributed by atoms with Crippen LogP contribution in [0.2, 0.25) is 0 Å². The van der Waals surface area contributed by atoms with Gasteiger partial charge in [0, 0.05) is 23.8 Å². The van der Waals surface area contributed by atoms with Gasteiger partial charge in [0.1, 0.15) is 0 Å². The van der Waals surface area contributed by atoms with Crippen molar-refractivity contribution in [3.63, 3.8) is 0 Å². The van der Waals surface area contributed by atoms with Crippen LogP contribution in [-0.2, 0) is 13.0 Å². The van der Waals surface area contributed by atoms with Gasteiger partial charge < -0.3 is 10.6 Å². The van der Waals surface area contributed by atoms with Gasteiger partial charge >= 0.3 is 0 Å². The quantitative estimate of drug-likeness (QED) is 0.909. The summed E-state index contributed by atoms with van der Waals surface area (Å²) in [6, 6.07) is 8.57. The molecule has 0 bridgehead atoms. The van der Waals surface area contributed by atoms with Crippen molar-refractivity contribution in [2.45, 2.75) is 13.0 Å². The Morgan fingerprint density at radius 2 is 2.17 bits per heavy atom. The van der Waals surface area contributed by atoms with Gasteiger partial charge in [-0.25, -0.2) is 0 Å². The van der Waals surface area contributed by atoms with Crippen molar-refractivity contribution in [2.24, 2.45) is 5.73 Å². The number of hydrogen-bond donors (Lipinski definition) is 1. The van der Waals surface area contributed by atoms with Gasteiger partial charge in [0.15, 0.2) is 0 Å². The van der Waals surface area contributed by atoms with Gasteiger partial charge in [-0.1, -0.05) is 15.9 Å². The molecular formula is C14H17BrN2S. The molecule has 4 heteroatoms. The molecule has 0 saturated heterocycles. The number of anilines is 1. The number of nitrogens with two attached hydrogens (primary N) is 1. The monoisotopic (exact) mass is 324 g/mol. The molecule has 2 rings (SSSR count). The number of nitrogens with zero attached hydrogens (tertiary/aromatic N) is 1. The highest BCUT2D eigenvalue weighted by Gasteiger charge is 2.08. The SMILES string of the molecule is CN(Cc1ccsc1)c1ccc(Br)cc1CCN. The minimum Gasteiger partial charge on any atom is -0.370 e. The van der Waals surface area contributed by atoms with E-state index in [0.717, 1.165) is 17.4 Å². The van der Waals surface area contributed by atoms with E-state index in [4.69, 9.17) is 5.73 Å². The van der Waals surface area contributed by atoms with Crippen molar-refractivity contribution in [1.29, 1.82) is 0 Å². The summed E-state index contributed by atoms with van der Waals surface area (Å²) in [5.74, 6) is 0. The van der Waals surface area contributed by atoms with Gasteiger partial charge in [-0.2, -0.15) is 11.3 Å². The first-order valence-corrected chi connectivity index (χ1v) is 7.65. The Labute approximate surface area is 121 Å². The molecular weight excluding hydrogens is 308 g/mol. The topological polar surface area (TPSA) is 29.3 Å². The van der Waals surface area contributed by atoms with Crippen LogP contribution in [0.3, 0.4) is 0 Å². The smallest absolute Gasteiger partial charge is 0.0434 e. The number of thiophene rings is 1. The highest BCUT2D eigenvalue weighted by Crippen LogP contribution is 2.25. The predicted molar refractivity (Wildman–Crippen MR) is 83.3 cm³/mol. The van der Waals surface area contributed by atoms with E-state index in [1.807, 2.05) is 0 Å². The van der Waals surface area contributed by atoms with Crippen molar-refractivity contribution in [2.75, 3.05) is 18.5 Å². The molecule has 96 valence electrons. The zero-order valence-corrected chi connectivity index (χ0v) is 12.8. The molecule has 1 aromatic heterocycles. The average molecular weight is 325 g/mol. The lowest BCUT2D eigenvalue weighted by atomic mass is 10.1. The number of rotatable bonds is 5. The van der Waals surface area contributed by atoms with E-state index >= 15 is 0 Å². The summed E-state index contributed by atoms with van der Waals surface area (Å²) in [7, 11) is 2.13. The van der Waals surface area contributed by atoms with E-state index in [1.165, 1.54) is 16.8 Å². The molecule has 0 aliphatic carbocycles. The maximum atomic E-state index is 5.68. The molecule has 0 saturated carbocycles. The van der Waals surface area contributed by atoms with E-state index < -0.39 is 0 Å². The van der Waals surface area contributed by atoms with Crippen molar-refractivity contribution in [3.05, 3.63) is 50.6 Å². The molecule has 18 heavy (non-hydrogen) atoms. The number of halogens is 1. The molecule has 0 unspecified atom stereocenters. The summed E-state index contributed by atoms with van der Waals surface area (Å²) in [6.07, 6.45) is 0.906. The molecule has 0 radical (unpaired) electrons. The van der Waals surface area contributed by atoms with Crippen LogP contribution in [0.1, 0.15) is 11.1 Å². The van der Waals surface area contributed by atoms with Crippen molar-refractivity contribution >= 4 is 33.0 Å². The normalized spacial score (nSPS) is 10.6. The lowest BCUT2D eigenvalue weighted by molar-refractivity contribution is 0.895. The molecule has 0 spiro atoms. The Balaban J connectivity index is 2.20. The Morgan fingerprint density at radius 1 is 1.33 bits per heavy atom. The van der Waals surface area contributed by atoms with E-state index in [1.54, 1.807) is 11.3 Å². The van der Waals surface area contributed by atoms with Crippen molar-refractivity contribution in [3.8, 4) is 0 Å². The van der Waals surface area contributed by atoms with Crippen molar-refractivity contribution in [1.82, 2.24) is 0 Å². The van der Waals surface area contributed by atoms with Gasteiger partial charge in [-0.3, -0.25) is 0 Å². The minimum atomic E-state index is 0.676. The second kappa shape index (κ2) is 6.36. The van der Waals surface area contributed by atoms with Crippen LogP contribution >= 0.6 is 27.3 Å². The third kappa shape index (κ3) is 3.34. The van der Waals surface area contributed by atoms with Crippen LogP contribution < -0.4 is 10.6 Å². The molecule has 2 N–H and O–H groups in total. The van der Waals surface area contributed by atoms with Crippen molar-refractivity contribution < 1.29 is 0 Å². The second-order valence-corrected chi connectivity index (χ2v) is 6.00. The minimum absolute atomic E-state index is 0.676. The highest BCUT2D eigenvalue weighted by molar-refractivity contribution is 9.10. The van der Waals surface area contributed by atoms with Gasteiger partial charge in [0.2, 0.25) is 0 Å². The zero-order valence-electron chi connectivity index (χ0n) is 10.4. The third-order valence-electron chi connectivity index (χ3n) is 2.87. The van der Waals surface area contributed by atoms with Crippen LogP contribution in [0.4, 0.5) is 5.69 Å². The largest absolute Gasteiger partial charge is 0.370 e. The summed E-state index contributed by atoms with van der Waals surface area (Å²) < 4.78 is 1.11. The van der Waals surface area contributed by atoms with Crippen LogP contribution in [0.5, 0.6) is 0 Å². The Bertz CT molecular complexity index is 497. The summed E-state index contributed by atoms with van der Waals surface area (Å²) >= 11 is 5.26. The highest BCUT2D eigenvalue weighted by atomic mass is 79.9. The van der Waals surface area contributed by atoms with E-state index in [0.29, 0.717) is 6.54 Å². The van der Waals surface area contributed by atoms with Gasteiger partial charge in [-0.05, 0) is 59.1 Å². The third-order valence-corrected chi connectivity index (χ3v) is 4.09. The first kappa shape index (κ1) is 13.6. The first-order valence-electron chi connectivity index (χ1n) is 5.91. The standard InChI is InChI=1S/C14H17BrN2S/c1-17(9-11-5-7-18-10-11)14-3-2-13(15)8-12(14)4-6-16/h2-3,5,7-8,10H,4,6,9,16H2,1H3. The number of benzene rings is 1. The Morgan fingerprint density at radius 3 is 2.83 bits per heavy atom. The molecule has 0 aliphatic heterocycles. The van der Waals surface area contributed by atoms with Gasteiger partial charge in [0.05, 0.1) is 0 Å². The Hall–Kier alpha value is -0.840. The molecule has 0 fully saturated rings. The van der Waals surface area contributed by atoms with Gasteiger partial charge in [0.25, 0.3) is 0 Å². The maximum Gasteiger partial charge on any atom is 0.0434 e. The van der Waals surface area contributed by atoms with Crippen LogP contribution in [0.15, 0.2) is 39.5 Å². The van der Waals surface area contributed by atoms with E-state index in [-0.39, 0.29) is 0 Å². The Kier molecular flexibility index (Phi) is 4.80. The van der Waals surface area contributed by atoms with E-state index in [2.05, 4.69) is 62.9 Å². The molecule has 0 amide bonds. The van der Waals surface area contributed by atoms with Gasteiger partial charge in [-0.15, -0.1) is 0 Å². The van der Waals surface area contributed by atoms with Crippen LogP contribution in [0.25, 0.3) is 0 Å². The maximum absolute atomic E-state index is 5.68. The zero-order chi connectivity index (χ0) is 13.0. The average Bonchev–Trinajstić information content (AvgIpc) is 2.82. The summed E-state index contributed by atoms with van der Waals surface area (Å²) in [5.41, 5.74) is 9.59. The molecule has 1 heterocycles. The fraction of sp³-hybridized carbons (Fsp3) is 0.286. The summed E-state index contributed by atoms with van der Waals surface area (Å²) in [4.78, 5) is 2.28. The molecule has 2 aromatic rings. The van der Waals surface area contributed by atoms with E-state index in [9.17, 15) is 0 Å². The first-order chi connectivity index (χ1) is 8.70.